The van der Waals surface area contributed by atoms with Gasteiger partial charge in [0.05, 0.1) is 12.1 Å². The summed E-state index contributed by atoms with van der Waals surface area (Å²) in [6.45, 7) is 3.17. The molecule has 0 aromatic heterocycles. The van der Waals surface area contributed by atoms with E-state index in [0.29, 0.717) is 11.1 Å². The lowest BCUT2D eigenvalue weighted by Gasteiger charge is -2.19. The fourth-order valence-electron chi connectivity index (χ4n) is 1.54. The largest absolute Gasteiger partial charge is 0.507 e. The van der Waals surface area contributed by atoms with E-state index >= 15 is 0 Å². The highest BCUT2D eigenvalue weighted by Gasteiger charge is 2.20. The molecule has 7 nitrogen and oxygen atoms in total. The third-order valence-corrected chi connectivity index (χ3v) is 4.40. The van der Waals surface area contributed by atoms with Crippen LogP contribution in [0.1, 0.15) is 17.5 Å². The lowest BCUT2D eigenvalue weighted by molar-refractivity contribution is -0.137. The number of benzene rings is 1. The Morgan fingerprint density at radius 1 is 1.35 bits per heavy atom. The van der Waals surface area contributed by atoms with E-state index in [1.807, 2.05) is 0 Å². The van der Waals surface area contributed by atoms with E-state index in [9.17, 15) is 18.3 Å². The Labute approximate surface area is 118 Å². The molecule has 0 saturated heterocycles. The fourth-order valence-corrected chi connectivity index (χ4v) is 2.52. The van der Waals surface area contributed by atoms with Gasteiger partial charge in [-0.3, -0.25) is 9.52 Å². The summed E-state index contributed by atoms with van der Waals surface area (Å²) in [6.07, 6.45) is -0.282. The maximum atomic E-state index is 12.0. The SMILES string of the molecule is Cc1ccc(NS(=O)(=O)N(C)CCC(=O)O)c(C)c1O. The molecule has 0 aliphatic rings. The van der Waals surface area contributed by atoms with E-state index in [2.05, 4.69) is 4.72 Å². The summed E-state index contributed by atoms with van der Waals surface area (Å²) < 4.78 is 27.2. The van der Waals surface area contributed by atoms with Gasteiger partial charge in [0, 0.05) is 19.2 Å². The lowest BCUT2D eigenvalue weighted by atomic mass is 10.1. The normalized spacial score (nSPS) is 11.6. The van der Waals surface area contributed by atoms with Gasteiger partial charge in [-0.05, 0) is 25.5 Å². The van der Waals surface area contributed by atoms with Crippen molar-refractivity contribution in [3.05, 3.63) is 23.3 Å². The van der Waals surface area contributed by atoms with E-state index < -0.39 is 16.2 Å². The number of nitrogens with zero attached hydrogens (tertiary/aromatic N) is 1. The van der Waals surface area contributed by atoms with Crippen molar-refractivity contribution in [2.75, 3.05) is 18.3 Å². The monoisotopic (exact) mass is 302 g/mol. The molecule has 3 N–H and O–H groups in total. The maximum Gasteiger partial charge on any atom is 0.304 e. The van der Waals surface area contributed by atoms with Crippen LogP contribution < -0.4 is 4.72 Å². The summed E-state index contributed by atoms with van der Waals surface area (Å²) in [4.78, 5) is 10.5. The first-order valence-corrected chi connectivity index (χ1v) is 7.34. The Morgan fingerprint density at radius 3 is 2.50 bits per heavy atom. The van der Waals surface area contributed by atoms with Crippen LogP contribution in [-0.4, -0.2) is 42.5 Å². The highest BCUT2D eigenvalue weighted by atomic mass is 32.2. The van der Waals surface area contributed by atoms with Gasteiger partial charge in [0.15, 0.2) is 0 Å². The van der Waals surface area contributed by atoms with Crippen LogP contribution in [0.15, 0.2) is 12.1 Å². The summed E-state index contributed by atoms with van der Waals surface area (Å²) in [5, 5.41) is 18.3. The van der Waals surface area contributed by atoms with Crippen molar-refractivity contribution in [2.45, 2.75) is 20.3 Å². The lowest BCUT2D eigenvalue weighted by Crippen LogP contribution is -2.34. The first kappa shape index (κ1) is 16.3. The number of aromatic hydroxyl groups is 1. The molecule has 0 atom stereocenters. The van der Waals surface area contributed by atoms with E-state index in [0.717, 1.165) is 4.31 Å². The zero-order valence-corrected chi connectivity index (χ0v) is 12.4. The smallest absolute Gasteiger partial charge is 0.304 e. The highest BCUT2D eigenvalue weighted by Crippen LogP contribution is 2.28. The zero-order valence-electron chi connectivity index (χ0n) is 11.5. The first-order valence-electron chi connectivity index (χ1n) is 5.90. The molecule has 8 heteroatoms. The minimum atomic E-state index is -3.85. The highest BCUT2D eigenvalue weighted by molar-refractivity contribution is 7.90. The quantitative estimate of drug-likeness (QED) is 0.728. The van der Waals surface area contributed by atoms with Crippen molar-refractivity contribution in [3.63, 3.8) is 0 Å². The molecule has 20 heavy (non-hydrogen) atoms. The Kier molecular flexibility index (Phi) is 4.96. The van der Waals surface area contributed by atoms with Crippen molar-refractivity contribution < 1.29 is 23.4 Å². The standard InChI is InChI=1S/C12H18N2O5S/c1-8-4-5-10(9(2)12(8)17)13-20(18,19)14(3)7-6-11(15)16/h4-5,13,17H,6-7H2,1-3H3,(H,15,16). The molecule has 0 fully saturated rings. The Balaban J connectivity index is 2.91. The number of hydrogen-bond acceptors (Lipinski definition) is 4. The Bertz CT molecular complexity index is 613. The molecule has 0 saturated carbocycles. The summed E-state index contributed by atoms with van der Waals surface area (Å²) >= 11 is 0. The third kappa shape index (κ3) is 3.84. The van der Waals surface area contributed by atoms with E-state index in [4.69, 9.17) is 5.11 Å². The number of hydrogen-bond donors (Lipinski definition) is 3. The number of carboxylic acid groups (broad SMARTS) is 1. The minimum Gasteiger partial charge on any atom is -0.507 e. The second kappa shape index (κ2) is 6.10. The molecule has 0 amide bonds. The van der Waals surface area contributed by atoms with E-state index in [-0.39, 0.29) is 24.4 Å². The molecular formula is C12H18N2O5S. The van der Waals surface area contributed by atoms with Crippen molar-refractivity contribution >= 4 is 21.9 Å². The van der Waals surface area contributed by atoms with E-state index in [1.165, 1.54) is 7.05 Å². The molecule has 1 aromatic carbocycles. The summed E-state index contributed by atoms with van der Waals surface area (Å²) in [5.41, 5.74) is 1.32. The average molecular weight is 302 g/mol. The number of carboxylic acids is 1. The van der Waals surface area contributed by atoms with Gasteiger partial charge in [-0.2, -0.15) is 12.7 Å². The molecule has 0 radical (unpaired) electrons. The molecule has 0 bridgehead atoms. The molecule has 0 aliphatic heterocycles. The number of anilines is 1. The minimum absolute atomic E-state index is 0.0263. The molecule has 112 valence electrons. The van der Waals surface area contributed by atoms with Crippen LogP contribution in [0.4, 0.5) is 5.69 Å². The van der Waals surface area contributed by atoms with Gasteiger partial charge in [0.25, 0.3) is 0 Å². The summed E-state index contributed by atoms with van der Waals surface area (Å²) in [5.74, 6) is -1.05. The number of phenols is 1. The first-order chi connectivity index (χ1) is 9.15. The van der Waals surface area contributed by atoms with Crippen molar-refractivity contribution in [1.82, 2.24) is 4.31 Å². The third-order valence-electron chi connectivity index (χ3n) is 2.92. The number of rotatable bonds is 6. The number of aryl methyl sites for hydroxylation is 1. The predicted octanol–water partition coefficient (Wildman–Crippen LogP) is 1.07. The summed E-state index contributed by atoms with van der Waals surface area (Å²) in [7, 11) is -2.57. The van der Waals surface area contributed by atoms with Crippen LogP contribution in [0.25, 0.3) is 0 Å². The number of phenolic OH excluding ortho intramolecular Hbond substituents is 1. The molecular weight excluding hydrogens is 284 g/mol. The number of nitrogens with one attached hydrogen (secondary N) is 1. The van der Waals surface area contributed by atoms with Gasteiger partial charge in [-0.25, -0.2) is 0 Å². The Morgan fingerprint density at radius 2 is 1.95 bits per heavy atom. The Hall–Kier alpha value is -1.80. The van der Waals surface area contributed by atoms with Crippen LogP contribution in [0.3, 0.4) is 0 Å². The van der Waals surface area contributed by atoms with Gasteiger partial charge >= 0.3 is 16.2 Å². The number of carbonyl (C=O) groups is 1. The fraction of sp³-hybridized carbons (Fsp3) is 0.417. The van der Waals surface area contributed by atoms with Crippen LogP contribution in [0, 0.1) is 13.8 Å². The molecule has 0 spiro atoms. The molecule has 0 heterocycles. The van der Waals surface area contributed by atoms with Crippen LogP contribution >= 0.6 is 0 Å². The van der Waals surface area contributed by atoms with Crippen molar-refractivity contribution in [1.29, 1.82) is 0 Å². The number of aliphatic carboxylic acids is 1. The summed E-state index contributed by atoms with van der Waals surface area (Å²) in [6, 6.07) is 3.14. The van der Waals surface area contributed by atoms with Gasteiger partial charge in [-0.15, -0.1) is 0 Å². The second-order valence-corrected chi connectivity index (χ2v) is 6.25. The van der Waals surface area contributed by atoms with Crippen LogP contribution in [0.2, 0.25) is 0 Å². The van der Waals surface area contributed by atoms with Crippen molar-refractivity contribution in [3.8, 4) is 5.75 Å². The topological polar surface area (TPSA) is 107 Å². The molecule has 0 unspecified atom stereocenters. The second-order valence-electron chi connectivity index (χ2n) is 4.48. The van der Waals surface area contributed by atoms with Gasteiger partial charge < -0.3 is 10.2 Å². The predicted molar refractivity (Wildman–Crippen MR) is 75.0 cm³/mol. The maximum absolute atomic E-state index is 12.0. The van der Waals surface area contributed by atoms with Gasteiger partial charge in [-0.1, -0.05) is 6.07 Å². The van der Waals surface area contributed by atoms with Crippen LogP contribution in [-0.2, 0) is 15.0 Å². The molecule has 0 aliphatic carbocycles. The van der Waals surface area contributed by atoms with Gasteiger partial charge in [0.1, 0.15) is 5.75 Å². The average Bonchev–Trinajstić information content (AvgIpc) is 2.36. The zero-order chi connectivity index (χ0) is 15.5. The van der Waals surface area contributed by atoms with Crippen molar-refractivity contribution in [2.24, 2.45) is 0 Å². The van der Waals surface area contributed by atoms with Gasteiger partial charge in [0.2, 0.25) is 0 Å². The van der Waals surface area contributed by atoms with Crippen LogP contribution in [0.5, 0.6) is 5.75 Å². The van der Waals surface area contributed by atoms with E-state index in [1.54, 1.807) is 26.0 Å². The molecule has 1 aromatic rings. The molecule has 1 rings (SSSR count).